The number of rotatable bonds is 7. The normalized spacial score (nSPS) is 21.4. The first-order chi connectivity index (χ1) is 15.7. The molecule has 1 saturated carbocycles. The van der Waals surface area contributed by atoms with Crippen molar-refractivity contribution in [2.75, 3.05) is 44.2 Å². The van der Waals surface area contributed by atoms with Crippen molar-refractivity contribution in [2.24, 2.45) is 5.73 Å². The molecular formula is C21H29ClFN5O4S. The Morgan fingerprint density at radius 3 is 2.48 bits per heavy atom. The van der Waals surface area contributed by atoms with Crippen LogP contribution in [-0.2, 0) is 19.6 Å². The Balaban J connectivity index is 1.52. The molecule has 1 atom stereocenters. The molecule has 3 fully saturated rings. The van der Waals surface area contributed by atoms with Crippen LogP contribution < -0.4 is 15.4 Å². The summed E-state index contributed by atoms with van der Waals surface area (Å²) in [7, 11) is -4.40. The molecule has 0 aromatic heterocycles. The highest BCUT2D eigenvalue weighted by Gasteiger charge is 2.36. The van der Waals surface area contributed by atoms with Crippen molar-refractivity contribution >= 4 is 39.1 Å². The van der Waals surface area contributed by atoms with E-state index in [2.05, 4.69) is 9.62 Å². The highest BCUT2D eigenvalue weighted by molar-refractivity contribution is 7.89. The van der Waals surface area contributed by atoms with Crippen LogP contribution in [-0.4, -0.2) is 81.4 Å². The smallest absolute Gasteiger partial charge is 0.243 e. The summed E-state index contributed by atoms with van der Waals surface area (Å²) in [5.74, 6) is -1.51. The standard InChI is InChI=1S/C21H29ClFN5O4S/c22-20-17(28-6-2-1-3-19(28)29)11-14(23)12-18(20)33(31,32)25-16(13-24)21(30)27-9-7-26(8-10-27)15-4-5-15/h11-12,15-16,25H,1-10,13,24H2/t16-/m0/s1. The molecule has 182 valence electrons. The molecule has 2 amide bonds. The Hall–Kier alpha value is -1.79. The number of nitrogens with two attached hydrogens (primary N) is 1. The number of hydrogen-bond acceptors (Lipinski definition) is 6. The Kier molecular flexibility index (Phi) is 7.25. The number of anilines is 1. The third-order valence-electron chi connectivity index (χ3n) is 6.41. The van der Waals surface area contributed by atoms with Crippen molar-refractivity contribution in [3.63, 3.8) is 0 Å². The van der Waals surface area contributed by atoms with Gasteiger partial charge in [-0.3, -0.25) is 14.5 Å². The van der Waals surface area contributed by atoms with Gasteiger partial charge in [0, 0.05) is 51.7 Å². The monoisotopic (exact) mass is 501 g/mol. The van der Waals surface area contributed by atoms with E-state index in [1.165, 1.54) is 17.7 Å². The lowest BCUT2D eigenvalue weighted by Gasteiger charge is -2.36. The van der Waals surface area contributed by atoms with E-state index in [1.54, 1.807) is 4.90 Å². The number of piperidine rings is 1. The fourth-order valence-electron chi connectivity index (χ4n) is 4.42. The minimum absolute atomic E-state index is 0.00793. The van der Waals surface area contributed by atoms with Crippen LogP contribution in [0.4, 0.5) is 10.1 Å². The second kappa shape index (κ2) is 9.83. The van der Waals surface area contributed by atoms with Gasteiger partial charge in [-0.1, -0.05) is 11.6 Å². The topological polar surface area (TPSA) is 116 Å². The molecule has 1 aromatic carbocycles. The SMILES string of the molecule is NC[C@H](NS(=O)(=O)c1cc(F)cc(N2CCCCC2=O)c1Cl)C(=O)N1CCN(C2CC2)CC1. The van der Waals surface area contributed by atoms with Gasteiger partial charge in [-0.25, -0.2) is 12.8 Å². The molecule has 0 spiro atoms. The largest absolute Gasteiger partial charge is 0.339 e. The summed E-state index contributed by atoms with van der Waals surface area (Å²) in [6.07, 6.45) is 4.06. The van der Waals surface area contributed by atoms with Crippen molar-refractivity contribution in [3.8, 4) is 0 Å². The molecule has 1 aromatic rings. The fraction of sp³-hybridized carbons (Fsp3) is 0.619. The lowest BCUT2D eigenvalue weighted by molar-refractivity contribution is -0.134. The maximum absolute atomic E-state index is 14.4. The lowest BCUT2D eigenvalue weighted by atomic mass is 10.1. The van der Waals surface area contributed by atoms with Gasteiger partial charge in [-0.15, -0.1) is 0 Å². The molecule has 2 aliphatic heterocycles. The van der Waals surface area contributed by atoms with Gasteiger partial charge < -0.3 is 15.5 Å². The zero-order chi connectivity index (χ0) is 23.8. The first kappa shape index (κ1) is 24.3. The molecule has 3 N–H and O–H groups in total. The molecule has 3 aliphatic rings. The average Bonchev–Trinajstić information content (AvgIpc) is 3.64. The maximum atomic E-state index is 14.4. The van der Waals surface area contributed by atoms with Gasteiger partial charge in [0.05, 0.1) is 10.7 Å². The summed E-state index contributed by atoms with van der Waals surface area (Å²) in [6.45, 7) is 2.54. The van der Waals surface area contributed by atoms with E-state index >= 15 is 0 Å². The minimum Gasteiger partial charge on any atom is -0.339 e. The molecule has 0 unspecified atom stereocenters. The molecule has 33 heavy (non-hydrogen) atoms. The predicted octanol–water partition coefficient (Wildman–Crippen LogP) is 0.908. The zero-order valence-electron chi connectivity index (χ0n) is 18.3. The highest BCUT2D eigenvalue weighted by Crippen LogP contribution is 2.35. The van der Waals surface area contributed by atoms with E-state index in [0.29, 0.717) is 38.5 Å². The number of amides is 2. The number of carbonyl (C=O) groups excluding carboxylic acids is 2. The number of piperazine rings is 1. The molecule has 0 radical (unpaired) electrons. The second-order valence-electron chi connectivity index (χ2n) is 8.74. The number of nitrogens with zero attached hydrogens (tertiary/aromatic N) is 3. The third kappa shape index (κ3) is 5.32. The van der Waals surface area contributed by atoms with Gasteiger partial charge in [0.1, 0.15) is 16.8 Å². The third-order valence-corrected chi connectivity index (χ3v) is 8.41. The summed E-state index contributed by atoms with van der Waals surface area (Å²) in [4.78, 5) is 30.0. The summed E-state index contributed by atoms with van der Waals surface area (Å²) in [6, 6.07) is 1.23. The number of hydrogen-bond donors (Lipinski definition) is 2. The first-order valence-electron chi connectivity index (χ1n) is 11.3. The fourth-order valence-corrected chi connectivity index (χ4v) is 6.24. The predicted molar refractivity (Wildman–Crippen MR) is 122 cm³/mol. The van der Waals surface area contributed by atoms with Gasteiger partial charge in [-0.2, -0.15) is 4.72 Å². The van der Waals surface area contributed by atoms with Crippen molar-refractivity contribution < 1.29 is 22.4 Å². The van der Waals surface area contributed by atoms with Crippen LogP contribution >= 0.6 is 11.6 Å². The molecule has 9 nitrogen and oxygen atoms in total. The molecule has 2 saturated heterocycles. The molecule has 2 heterocycles. The van der Waals surface area contributed by atoms with E-state index in [4.69, 9.17) is 17.3 Å². The van der Waals surface area contributed by atoms with E-state index < -0.39 is 32.7 Å². The van der Waals surface area contributed by atoms with E-state index in [-0.39, 0.29) is 29.6 Å². The van der Waals surface area contributed by atoms with E-state index in [1.807, 2.05) is 0 Å². The summed E-state index contributed by atoms with van der Waals surface area (Å²) >= 11 is 6.36. The van der Waals surface area contributed by atoms with Crippen LogP contribution in [0.15, 0.2) is 17.0 Å². The Morgan fingerprint density at radius 2 is 1.88 bits per heavy atom. The van der Waals surface area contributed by atoms with Crippen LogP contribution in [0, 0.1) is 5.82 Å². The molecule has 0 bridgehead atoms. The number of sulfonamides is 1. The van der Waals surface area contributed by atoms with Gasteiger partial charge >= 0.3 is 0 Å². The molecular weight excluding hydrogens is 473 g/mol. The van der Waals surface area contributed by atoms with Crippen LogP contribution in [0.2, 0.25) is 5.02 Å². The quantitative estimate of drug-likeness (QED) is 0.573. The Morgan fingerprint density at radius 1 is 1.18 bits per heavy atom. The second-order valence-corrected chi connectivity index (χ2v) is 10.8. The van der Waals surface area contributed by atoms with Crippen LogP contribution in [0.1, 0.15) is 32.1 Å². The van der Waals surface area contributed by atoms with Gasteiger partial charge in [0.15, 0.2) is 0 Å². The number of carbonyl (C=O) groups is 2. The van der Waals surface area contributed by atoms with Crippen molar-refractivity contribution in [1.82, 2.24) is 14.5 Å². The van der Waals surface area contributed by atoms with Crippen LogP contribution in [0.3, 0.4) is 0 Å². The number of nitrogens with one attached hydrogen (secondary N) is 1. The summed E-state index contributed by atoms with van der Waals surface area (Å²) in [5, 5.41) is -0.264. The van der Waals surface area contributed by atoms with E-state index in [9.17, 15) is 22.4 Å². The number of halogens is 2. The van der Waals surface area contributed by atoms with Crippen molar-refractivity contribution in [3.05, 3.63) is 23.0 Å². The van der Waals surface area contributed by atoms with Crippen LogP contribution in [0.25, 0.3) is 0 Å². The van der Waals surface area contributed by atoms with Gasteiger partial charge in [-0.05, 0) is 37.8 Å². The maximum Gasteiger partial charge on any atom is 0.243 e. The molecule has 12 heteroatoms. The zero-order valence-corrected chi connectivity index (χ0v) is 19.9. The minimum atomic E-state index is -4.40. The van der Waals surface area contributed by atoms with E-state index in [0.717, 1.165) is 25.2 Å². The summed E-state index contributed by atoms with van der Waals surface area (Å²) < 4.78 is 43.0. The molecule has 1 aliphatic carbocycles. The lowest BCUT2D eigenvalue weighted by Crippen LogP contribution is -2.57. The van der Waals surface area contributed by atoms with Gasteiger partial charge in [0.25, 0.3) is 0 Å². The number of benzene rings is 1. The Bertz CT molecular complexity index is 1030. The highest BCUT2D eigenvalue weighted by atomic mass is 35.5. The van der Waals surface area contributed by atoms with Crippen LogP contribution in [0.5, 0.6) is 0 Å². The van der Waals surface area contributed by atoms with Gasteiger partial charge in [0.2, 0.25) is 21.8 Å². The summed E-state index contributed by atoms with van der Waals surface area (Å²) in [5.41, 5.74) is 5.75. The average molecular weight is 502 g/mol. The van der Waals surface area contributed by atoms with Crippen molar-refractivity contribution in [2.45, 2.75) is 49.1 Å². The molecule has 4 rings (SSSR count). The Labute approximate surface area is 198 Å². The van der Waals surface area contributed by atoms with Crippen molar-refractivity contribution in [1.29, 1.82) is 0 Å². The first-order valence-corrected chi connectivity index (χ1v) is 13.1.